The van der Waals surface area contributed by atoms with Crippen molar-refractivity contribution in [1.29, 1.82) is 10.5 Å². The highest BCUT2D eigenvalue weighted by atomic mass is 28.3. The SMILES string of the molecule is [C-]#[N+]c1cc(-c2ccc([Si](c3ccccc3)(c3ccccc3)c3ccccc3)cc2)c(C#N)cc1-n1c2ccccc2c2cc(C#N)ccc21. The van der Waals surface area contributed by atoms with E-state index in [4.69, 9.17) is 6.57 Å². The normalized spacial score (nSPS) is 11.1. The maximum atomic E-state index is 10.5. The van der Waals surface area contributed by atoms with Gasteiger partial charge >= 0.3 is 0 Å². The Kier molecular flexibility index (Phi) is 7.63. The number of fused-ring (bicyclic) bond motifs is 3. The van der Waals surface area contributed by atoms with Gasteiger partial charge in [0.05, 0.1) is 46.6 Å². The fraction of sp³-hybridized carbons (Fsp3) is 0. The van der Waals surface area contributed by atoms with Crippen molar-refractivity contribution in [2.75, 3.05) is 0 Å². The fourth-order valence-corrected chi connectivity index (χ4v) is 12.2. The van der Waals surface area contributed by atoms with Gasteiger partial charge in [0.25, 0.3) is 0 Å². The molecule has 8 rings (SSSR count). The molecule has 7 aromatic carbocycles. The van der Waals surface area contributed by atoms with Gasteiger partial charge in [-0.2, -0.15) is 10.5 Å². The van der Waals surface area contributed by atoms with E-state index in [0.29, 0.717) is 28.1 Å². The first kappa shape index (κ1) is 30.4. The monoisotopic (exact) mass is 652 g/mol. The maximum absolute atomic E-state index is 10.5. The third-order valence-electron chi connectivity index (χ3n) is 9.65. The lowest BCUT2D eigenvalue weighted by atomic mass is 9.98. The van der Waals surface area contributed by atoms with E-state index in [1.165, 1.54) is 20.7 Å². The van der Waals surface area contributed by atoms with Crippen LogP contribution >= 0.6 is 0 Å². The maximum Gasteiger partial charge on any atom is 0.211 e. The van der Waals surface area contributed by atoms with E-state index in [9.17, 15) is 10.5 Å². The van der Waals surface area contributed by atoms with Crippen LogP contribution in [-0.2, 0) is 0 Å². The van der Waals surface area contributed by atoms with Crippen molar-refractivity contribution in [3.63, 3.8) is 0 Å². The lowest BCUT2D eigenvalue weighted by Crippen LogP contribution is -2.74. The predicted molar refractivity (Wildman–Crippen MR) is 206 cm³/mol. The predicted octanol–water partition coefficient (Wildman–Crippen LogP) is 8.12. The highest BCUT2D eigenvalue weighted by molar-refractivity contribution is 7.19. The molecule has 0 saturated heterocycles. The Hall–Kier alpha value is -6.97. The Morgan fingerprint density at radius 3 is 1.62 bits per heavy atom. The summed E-state index contributed by atoms with van der Waals surface area (Å²) in [4.78, 5) is 3.99. The first-order valence-corrected chi connectivity index (χ1v) is 18.3. The Balaban J connectivity index is 1.31. The van der Waals surface area contributed by atoms with E-state index in [0.717, 1.165) is 27.4 Å². The zero-order valence-corrected chi connectivity index (χ0v) is 28.0. The second-order valence-electron chi connectivity index (χ2n) is 12.2. The van der Waals surface area contributed by atoms with Crippen molar-refractivity contribution in [2.24, 2.45) is 0 Å². The zero-order valence-electron chi connectivity index (χ0n) is 27.0. The molecule has 0 aliphatic heterocycles. The summed E-state index contributed by atoms with van der Waals surface area (Å²) < 4.78 is 2.03. The molecule has 0 N–H and O–H groups in total. The van der Waals surface area contributed by atoms with Crippen molar-refractivity contribution in [3.8, 4) is 29.0 Å². The molecule has 1 heterocycles. The van der Waals surface area contributed by atoms with Gasteiger partial charge in [-0.1, -0.05) is 133 Å². The summed E-state index contributed by atoms with van der Waals surface area (Å²) in [5, 5.41) is 27.1. The molecule has 5 heteroatoms. The molecular weight excluding hydrogens is 625 g/mol. The number of para-hydroxylation sites is 1. The van der Waals surface area contributed by atoms with Crippen LogP contribution in [0, 0.1) is 29.2 Å². The number of nitriles is 2. The van der Waals surface area contributed by atoms with Gasteiger partial charge < -0.3 is 4.57 Å². The van der Waals surface area contributed by atoms with Gasteiger partial charge in [-0.15, -0.1) is 0 Å². The Bertz CT molecular complexity index is 2560. The van der Waals surface area contributed by atoms with Crippen molar-refractivity contribution in [3.05, 3.63) is 192 Å². The summed E-state index contributed by atoms with van der Waals surface area (Å²) in [7, 11) is -2.70. The molecule has 0 radical (unpaired) electrons. The van der Waals surface area contributed by atoms with Crippen LogP contribution in [0.15, 0.2) is 170 Å². The summed E-state index contributed by atoms with van der Waals surface area (Å²) in [5.74, 6) is 0. The van der Waals surface area contributed by atoms with Crippen molar-refractivity contribution >= 4 is 56.3 Å². The van der Waals surface area contributed by atoms with Crippen LogP contribution in [0.1, 0.15) is 11.1 Å². The molecule has 0 spiro atoms. The quantitative estimate of drug-likeness (QED) is 0.104. The van der Waals surface area contributed by atoms with Crippen LogP contribution in [0.5, 0.6) is 0 Å². The minimum Gasteiger partial charge on any atom is -0.319 e. The summed E-state index contributed by atoms with van der Waals surface area (Å²) in [6.45, 7) is 8.25. The minimum atomic E-state index is -2.70. The zero-order chi connectivity index (χ0) is 34.1. The third kappa shape index (κ3) is 4.80. The average Bonchev–Trinajstić information content (AvgIpc) is 3.52. The van der Waals surface area contributed by atoms with Gasteiger partial charge in [0, 0.05) is 10.8 Å². The third-order valence-corrected chi connectivity index (χ3v) is 14.4. The van der Waals surface area contributed by atoms with E-state index in [1.54, 1.807) is 6.07 Å². The molecule has 0 aliphatic rings. The molecule has 0 bridgehead atoms. The topological polar surface area (TPSA) is 56.9 Å². The number of benzene rings is 7. The van der Waals surface area contributed by atoms with Crippen LogP contribution in [0.2, 0.25) is 0 Å². The molecule has 0 fully saturated rings. The minimum absolute atomic E-state index is 0.441. The van der Waals surface area contributed by atoms with E-state index in [1.807, 2.05) is 53.1 Å². The van der Waals surface area contributed by atoms with E-state index >= 15 is 0 Å². The summed E-state index contributed by atoms with van der Waals surface area (Å²) in [5.41, 5.74) is 5.51. The van der Waals surface area contributed by atoms with Gasteiger partial charge in [-0.05, 0) is 68.3 Å². The molecule has 50 heavy (non-hydrogen) atoms. The van der Waals surface area contributed by atoms with E-state index in [2.05, 4.69) is 132 Å². The lowest BCUT2D eigenvalue weighted by Gasteiger charge is -2.34. The molecule has 232 valence electrons. The van der Waals surface area contributed by atoms with Crippen molar-refractivity contribution in [1.82, 2.24) is 4.57 Å². The Morgan fingerprint density at radius 2 is 1.06 bits per heavy atom. The summed E-state index contributed by atoms with van der Waals surface area (Å²) in [6, 6.07) is 62.8. The van der Waals surface area contributed by atoms with Gasteiger partial charge in [0.15, 0.2) is 8.07 Å². The van der Waals surface area contributed by atoms with Crippen LogP contribution in [0.3, 0.4) is 0 Å². The molecule has 4 nitrogen and oxygen atoms in total. The van der Waals surface area contributed by atoms with Gasteiger partial charge in [0.1, 0.15) is 0 Å². The number of hydrogen-bond acceptors (Lipinski definition) is 2. The largest absolute Gasteiger partial charge is 0.319 e. The van der Waals surface area contributed by atoms with E-state index in [-0.39, 0.29) is 0 Å². The van der Waals surface area contributed by atoms with Crippen molar-refractivity contribution in [2.45, 2.75) is 0 Å². The number of aromatic nitrogens is 1. The molecule has 0 amide bonds. The lowest BCUT2D eigenvalue weighted by molar-refractivity contribution is 1.18. The molecule has 8 aromatic rings. The molecule has 0 aliphatic carbocycles. The average molecular weight is 653 g/mol. The Morgan fingerprint density at radius 1 is 0.520 bits per heavy atom. The number of rotatable bonds is 6. The molecule has 0 atom stereocenters. The number of nitrogens with zero attached hydrogens (tertiary/aromatic N) is 4. The molecule has 0 unspecified atom stereocenters. The second-order valence-corrected chi connectivity index (χ2v) is 16.0. The fourth-order valence-electron chi connectivity index (χ4n) is 7.44. The standard InChI is InChI=1S/C45H28N4Si/c1-48-42-29-40(34(31-47)28-45(42)49-43-20-12-11-19-39(43)41-27-32(30-46)21-26-44(41)49)33-22-24-38(25-23-33)50(35-13-5-2-6-14-35,36-15-7-3-8-16-36)37-17-9-4-10-18-37/h2-29H. The first-order valence-electron chi connectivity index (χ1n) is 16.3. The molecular formula is C45H28N4Si. The summed E-state index contributed by atoms with van der Waals surface area (Å²) >= 11 is 0. The number of hydrogen-bond donors (Lipinski definition) is 0. The smallest absolute Gasteiger partial charge is 0.211 e. The van der Waals surface area contributed by atoms with E-state index < -0.39 is 8.07 Å². The van der Waals surface area contributed by atoms with Crippen LogP contribution in [-0.4, -0.2) is 12.6 Å². The van der Waals surface area contributed by atoms with Crippen LogP contribution in [0.4, 0.5) is 5.69 Å². The van der Waals surface area contributed by atoms with Gasteiger partial charge in [-0.25, -0.2) is 4.85 Å². The van der Waals surface area contributed by atoms with Crippen LogP contribution < -0.4 is 20.7 Å². The van der Waals surface area contributed by atoms with Gasteiger partial charge in [-0.3, -0.25) is 0 Å². The Labute approximate surface area is 291 Å². The first-order chi connectivity index (χ1) is 24.7. The molecule has 0 saturated carbocycles. The second kappa shape index (κ2) is 12.6. The summed E-state index contributed by atoms with van der Waals surface area (Å²) in [6.07, 6.45) is 0. The highest BCUT2D eigenvalue weighted by Crippen LogP contribution is 2.39. The van der Waals surface area contributed by atoms with Gasteiger partial charge in [0.2, 0.25) is 5.69 Å². The van der Waals surface area contributed by atoms with Crippen LogP contribution in [0.25, 0.3) is 43.5 Å². The molecule has 1 aromatic heterocycles. The highest BCUT2D eigenvalue weighted by Gasteiger charge is 2.41. The van der Waals surface area contributed by atoms with Crippen molar-refractivity contribution < 1.29 is 0 Å².